The van der Waals surface area contributed by atoms with Gasteiger partial charge in [-0.1, -0.05) is 12.1 Å². The van der Waals surface area contributed by atoms with E-state index in [1.54, 1.807) is 0 Å². The molecule has 3 rings (SSSR count). The highest BCUT2D eigenvalue weighted by atomic mass is 32.2. The van der Waals surface area contributed by atoms with E-state index in [-0.39, 0.29) is 12.6 Å². The van der Waals surface area contributed by atoms with E-state index in [1.165, 1.54) is 15.6 Å². The Kier molecular flexibility index (Phi) is 3.81. The van der Waals surface area contributed by atoms with E-state index < -0.39 is 26.6 Å². The van der Waals surface area contributed by atoms with Gasteiger partial charge < -0.3 is 0 Å². The Morgan fingerprint density at radius 1 is 1.14 bits per heavy atom. The molecule has 0 N–H and O–H groups in total. The summed E-state index contributed by atoms with van der Waals surface area (Å²) in [5.41, 5.74) is 0. The van der Waals surface area contributed by atoms with Crippen LogP contribution in [0.4, 0.5) is 8.78 Å². The van der Waals surface area contributed by atoms with Gasteiger partial charge >= 0.3 is 0 Å². The molecule has 1 saturated heterocycles. The van der Waals surface area contributed by atoms with E-state index in [0.717, 1.165) is 23.1 Å². The van der Waals surface area contributed by atoms with E-state index in [0.29, 0.717) is 12.8 Å². The van der Waals surface area contributed by atoms with Gasteiger partial charge in [-0.3, -0.25) is 0 Å². The minimum absolute atomic E-state index is 0.276. The van der Waals surface area contributed by atoms with Crippen molar-refractivity contribution >= 4 is 21.4 Å². The molecule has 2 heterocycles. The summed E-state index contributed by atoms with van der Waals surface area (Å²) in [4.78, 5) is 0.0429. The smallest absolute Gasteiger partial charge is 0.207 e. The number of benzene rings is 1. The van der Waals surface area contributed by atoms with Gasteiger partial charge in [-0.25, -0.2) is 17.2 Å². The first-order valence-electron chi connectivity index (χ1n) is 6.51. The van der Waals surface area contributed by atoms with E-state index in [2.05, 4.69) is 0 Å². The fraction of sp³-hybridized carbons (Fsp3) is 0.286. The van der Waals surface area contributed by atoms with Crippen LogP contribution in [-0.4, -0.2) is 19.3 Å². The third-order valence-electron chi connectivity index (χ3n) is 3.56. The molecule has 7 heteroatoms. The van der Waals surface area contributed by atoms with E-state index in [1.807, 2.05) is 17.5 Å². The molecule has 1 aromatic carbocycles. The third-order valence-corrected chi connectivity index (χ3v) is 6.49. The minimum atomic E-state index is -4.19. The molecule has 1 aromatic heterocycles. The maximum atomic E-state index is 13.8. The SMILES string of the molecule is O=S(=O)(c1c(F)cccc1F)N1CCC[C@H]1c1cccs1. The molecule has 0 spiro atoms. The van der Waals surface area contributed by atoms with Crippen LogP contribution in [0.25, 0.3) is 0 Å². The van der Waals surface area contributed by atoms with E-state index >= 15 is 0 Å². The quantitative estimate of drug-likeness (QED) is 0.863. The van der Waals surface area contributed by atoms with Gasteiger partial charge in [-0.2, -0.15) is 4.31 Å². The summed E-state index contributed by atoms with van der Waals surface area (Å²) >= 11 is 1.45. The lowest BCUT2D eigenvalue weighted by atomic mass is 10.2. The average Bonchev–Trinajstić information content (AvgIpc) is 3.09. The van der Waals surface area contributed by atoms with Crippen molar-refractivity contribution in [2.75, 3.05) is 6.54 Å². The standard InChI is InChI=1S/C14H13F2NO2S2/c15-10-4-1-5-11(16)14(10)21(18,19)17-8-2-6-12(17)13-7-3-9-20-13/h1,3-5,7,9,12H,2,6,8H2/t12-/m0/s1. The van der Waals surface area contributed by atoms with Gasteiger partial charge in [0, 0.05) is 11.4 Å². The van der Waals surface area contributed by atoms with Crippen LogP contribution in [0.1, 0.15) is 23.8 Å². The van der Waals surface area contributed by atoms with Crippen molar-refractivity contribution in [3.8, 4) is 0 Å². The van der Waals surface area contributed by atoms with Crippen molar-refractivity contribution in [1.82, 2.24) is 4.31 Å². The second kappa shape index (κ2) is 5.47. The molecular weight excluding hydrogens is 316 g/mol. The topological polar surface area (TPSA) is 37.4 Å². The highest BCUT2D eigenvalue weighted by Crippen LogP contribution is 2.39. The maximum absolute atomic E-state index is 13.8. The number of rotatable bonds is 3. The van der Waals surface area contributed by atoms with Gasteiger partial charge in [0.25, 0.3) is 0 Å². The molecule has 1 aliphatic heterocycles. The number of halogens is 2. The lowest BCUT2D eigenvalue weighted by Crippen LogP contribution is -2.31. The summed E-state index contributed by atoms with van der Waals surface area (Å²) in [5.74, 6) is -2.10. The molecule has 21 heavy (non-hydrogen) atoms. The fourth-order valence-corrected chi connectivity index (χ4v) is 5.37. The molecule has 1 atom stereocenters. The van der Waals surface area contributed by atoms with E-state index in [4.69, 9.17) is 0 Å². The van der Waals surface area contributed by atoms with Gasteiger partial charge in [0.2, 0.25) is 10.0 Å². The van der Waals surface area contributed by atoms with Crippen LogP contribution in [0.3, 0.4) is 0 Å². The lowest BCUT2D eigenvalue weighted by molar-refractivity contribution is 0.392. The van der Waals surface area contributed by atoms with Crippen LogP contribution in [0.2, 0.25) is 0 Å². The van der Waals surface area contributed by atoms with Crippen molar-refractivity contribution in [1.29, 1.82) is 0 Å². The van der Waals surface area contributed by atoms with Crippen LogP contribution >= 0.6 is 11.3 Å². The Morgan fingerprint density at radius 3 is 2.48 bits per heavy atom. The van der Waals surface area contributed by atoms with Gasteiger partial charge in [0.05, 0.1) is 6.04 Å². The Bertz CT molecular complexity index is 724. The molecule has 0 amide bonds. The van der Waals surface area contributed by atoms with Crippen molar-refractivity contribution in [3.63, 3.8) is 0 Å². The van der Waals surface area contributed by atoms with E-state index in [9.17, 15) is 17.2 Å². The molecule has 112 valence electrons. The first-order valence-corrected chi connectivity index (χ1v) is 8.83. The lowest BCUT2D eigenvalue weighted by Gasteiger charge is -2.23. The Hall–Kier alpha value is -1.31. The highest BCUT2D eigenvalue weighted by molar-refractivity contribution is 7.89. The van der Waals surface area contributed by atoms with Crippen LogP contribution in [0.5, 0.6) is 0 Å². The molecule has 0 bridgehead atoms. The fourth-order valence-electron chi connectivity index (χ4n) is 2.64. The van der Waals surface area contributed by atoms with Crippen LogP contribution in [0, 0.1) is 11.6 Å². The summed E-state index contributed by atoms with van der Waals surface area (Å²) in [6.45, 7) is 0.276. The number of hydrogen-bond acceptors (Lipinski definition) is 3. The summed E-state index contributed by atoms with van der Waals surface area (Å²) in [7, 11) is -4.19. The molecule has 0 aliphatic carbocycles. The van der Waals surface area contributed by atoms with Crippen LogP contribution < -0.4 is 0 Å². The van der Waals surface area contributed by atoms with Crippen molar-refractivity contribution in [2.24, 2.45) is 0 Å². The number of hydrogen-bond donors (Lipinski definition) is 0. The monoisotopic (exact) mass is 329 g/mol. The number of sulfonamides is 1. The molecule has 1 fully saturated rings. The predicted octanol–water partition coefficient (Wildman–Crippen LogP) is 3.55. The molecule has 1 aliphatic rings. The summed E-state index contributed by atoms with van der Waals surface area (Å²) < 4.78 is 54.1. The maximum Gasteiger partial charge on any atom is 0.249 e. The van der Waals surface area contributed by atoms with Gasteiger partial charge in [-0.05, 0) is 36.4 Å². The molecule has 0 saturated carbocycles. The zero-order valence-electron chi connectivity index (χ0n) is 11.0. The summed E-state index contributed by atoms with van der Waals surface area (Å²) in [6, 6.07) is 6.44. The Balaban J connectivity index is 2.06. The minimum Gasteiger partial charge on any atom is -0.207 e. The molecular formula is C14H13F2NO2S2. The second-order valence-corrected chi connectivity index (χ2v) is 7.65. The van der Waals surface area contributed by atoms with Crippen LogP contribution in [0.15, 0.2) is 40.6 Å². The molecule has 0 radical (unpaired) electrons. The Morgan fingerprint density at radius 2 is 1.86 bits per heavy atom. The van der Waals surface area contributed by atoms with Gasteiger partial charge in [0.1, 0.15) is 11.6 Å². The highest BCUT2D eigenvalue weighted by Gasteiger charge is 2.39. The van der Waals surface area contributed by atoms with Crippen molar-refractivity contribution in [3.05, 3.63) is 52.2 Å². The summed E-state index contributed by atoms with van der Waals surface area (Å²) in [6.07, 6.45) is 1.34. The first-order chi connectivity index (χ1) is 10.0. The third kappa shape index (κ3) is 2.49. The van der Waals surface area contributed by atoms with Gasteiger partial charge in [-0.15, -0.1) is 11.3 Å². The predicted molar refractivity (Wildman–Crippen MR) is 76.5 cm³/mol. The summed E-state index contributed by atoms with van der Waals surface area (Å²) in [5, 5.41) is 1.86. The molecule has 3 nitrogen and oxygen atoms in total. The van der Waals surface area contributed by atoms with Crippen molar-refractivity contribution < 1.29 is 17.2 Å². The average molecular weight is 329 g/mol. The first kappa shape index (κ1) is 14.6. The van der Waals surface area contributed by atoms with Crippen LogP contribution in [-0.2, 0) is 10.0 Å². The van der Waals surface area contributed by atoms with Gasteiger partial charge in [0.15, 0.2) is 4.90 Å². The normalized spacial score (nSPS) is 20.0. The zero-order chi connectivity index (χ0) is 15.0. The zero-order valence-corrected chi connectivity index (χ0v) is 12.6. The number of thiophene rings is 1. The molecule has 2 aromatic rings. The van der Waals surface area contributed by atoms with Crippen molar-refractivity contribution in [2.45, 2.75) is 23.8 Å². The Labute approximate surface area is 125 Å². The second-order valence-electron chi connectivity index (χ2n) is 4.84. The molecule has 0 unspecified atom stereocenters. The number of nitrogens with zero attached hydrogens (tertiary/aromatic N) is 1. The largest absolute Gasteiger partial charge is 0.249 e.